The number of nitrogens with zero attached hydrogens (tertiary/aromatic N) is 2. The fourth-order valence-corrected chi connectivity index (χ4v) is 0.400. The van der Waals surface area contributed by atoms with Crippen LogP contribution in [0.25, 0.3) is 0 Å². The van der Waals surface area contributed by atoms with Crippen molar-refractivity contribution in [3.05, 3.63) is 18.1 Å². The van der Waals surface area contributed by atoms with Gasteiger partial charge >= 0.3 is 0 Å². The van der Waals surface area contributed by atoms with Crippen molar-refractivity contribution in [1.82, 2.24) is 9.97 Å². The number of hydrogen-bond donors (Lipinski definition) is 1. The highest BCUT2D eigenvalue weighted by molar-refractivity contribution is 5.11. The monoisotopic (exact) mass is 110 g/mol. The molecule has 0 fully saturated rings. The summed E-state index contributed by atoms with van der Waals surface area (Å²) in [6.07, 6.45) is 2.98. The predicted octanol–water partition coefficient (Wildman–Crippen LogP) is 0.491. The van der Waals surface area contributed by atoms with Gasteiger partial charge in [0.1, 0.15) is 0 Å². The van der Waals surface area contributed by atoms with Crippen molar-refractivity contribution < 1.29 is 5.11 Å². The fraction of sp³-hybridized carbons (Fsp3) is 0.200. The third kappa shape index (κ3) is 0.753. The molecule has 0 unspecified atom stereocenters. The molecular formula is C5H6N2O. The first kappa shape index (κ1) is 5.03. The minimum absolute atomic E-state index is 0.00694. The van der Waals surface area contributed by atoms with Crippen LogP contribution in [0.15, 0.2) is 12.4 Å². The summed E-state index contributed by atoms with van der Waals surface area (Å²) in [5, 5.41) is 8.75. The third-order valence-corrected chi connectivity index (χ3v) is 0.855. The molecule has 3 heteroatoms. The molecule has 8 heavy (non-hydrogen) atoms. The van der Waals surface area contributed by atoms with E-state index in [0.29, 0.717) is 5.69 Å². The molecule has 1 N–H and O–H groups in total. The van der Waals surface area contributed by atoms with Gasteiger partial charge in [-0.1, -0.05) is 0 Å². The quantitative estimate of drug-likeness (QED) is 0.528. The van der Waals surface area contributed by atoms with Crippen LogP contribution >= 0.6 is 0 Å². The summed E-state index contributed by atoms with van der Waals surface area (Å²) in [5.74, 6) is 0.00694. The molecule has 3 nitrogen and oxygen atoms in total. The second kappa shape index (κ2) is 1.78. The molecule has 0 aliphatic heterocycles. The van der Waals surface area contributed by atoms with Crippen molar-refractivity contribution >= 4 is 0 Å². The summed E-state index contributed by atoms with van der Waals surface area (Å²) in [4.78, 5) is 7.34. The molecule has 0 saturated carbocycles. The molecule has 0 atom stereocenters. The lowest BCUT2D eigenvalue weighted by molar-refractivity contribution is 0.445. The van der Waals surface area contributed by atoms with Crippen molar-refractivity contribution in [2.75, 3.05) is 0 Å². The molecule has 1 aromatic rings. The van der Waals surface area contributed by atoms with Crippen LogP contribution in [0.2, 0.25) is 0 Å². The van der Waals surface area contributed by atoms with Gasteiger partial charge in [-0.05, 0) is 6.92 Å². The summed E-state index contributed by atoms with van der Waals surface area (Å²) in [6.45, 7) is 1.70. The van der Waals surface area contributed by atoms with Crippen molar-refractivity contribution in [2.45, 2.75) is 6.92 Å². The number of rotatable bonds is 0. The SMILES string of the molecule is Cc1nccnc1O. The maximum Gasteiger partial charge on any atom is 0.232 e. The average Bonchev–Trinajstić information content (AvgIpc) is 1.77. The Morgan fingerprint density at radius 1 is 1.38 bits per heavy atom. The molecule has 0 spiro atoms. The highest BCUT2D eigenvalue weighted by Gasteiger charge is 1.90. The lowest BCUT2D eigenvalue weighted by atomic mass is 10.5. The second-order valence-electron chi connectivity index (χ2n) is 1.47. The Hall–Kier alpha value is -1.12. The van der Waals surface area contributed by atoms with Crippen molar-refractivity contribution in [1.29, 1.82) is 0 Å². The Balaban J connectivity index is 3.13. The van der Waals surface area contributed by atoms with E-state index in [-0.39, 0.29) is 5.88 Å². The number of aromatic hydroxyl groups is 1. The highest BCUT2D eigenvalue weighted by Crippen LogP contribution is 2.03. The van der Waals surface area contributed by atoms with Crippen LogP contribution in [0.5, 0.6) is 5.88 Å². The molecule has 0 aliphatic carbocycles. The van der Waals surface area contributed by atoms with Gasteiger partial charge < -0.3 is 5.11 Å². The molecule has 1 aromatic heterocycles. The minimum atomic E-state index is 0.00694. The summed E-state index contributed by atoms with van der Waals surface area (Å²) in [5.41, 5.74) is 0.563. The average molecular weight is 110 g/mol. The lowest BCUT2D eigenvalue weighted by Gasteiger charge is -1.90. The highest BCUT2D eigenvalue weighted by atomic mass is 16.3. The van der Waals surface area contributed by atoms with Crippen molar-refractivity contribution in [2.24, 2.45) is 0 Å². The molecule has 1 heterocycles. The second-order valence-corrected chi connectivity index (χ2v) is 1.47. The zero-order chi connectivity index (χ0) is 5.98. The van der Waals surface area contributed by atoms with Crippen LogP contribution in [0.3, 0.4) is 0 Å². The molecule has 0 aliphatic rings. The molecule has 0 amide bonds. The van der Waals surface area contributed by atoms with Gasteiger partial charge in [0, 0.05) is 12.4 Å². The minimum Gasteiger partial charge on any atom is -0.492 e. The third-order valence-electron chi connectivity index (χ3n) is 0.855. The van der Waals surface area contributed by atoms with Crippen LogP contribution in [0.1, 0.15) is 5.69 Å². The number of aromatic nitrogens is 2. The van der Waals surface area contributed by atoms with Crippen molar-refractivity contribution in [3.8, 4) is 5.88 Å². The van der Waals surface area contributed by atoms with Gasteiger partial charge in [0.25, 0.3) is 0 Å². The van der Waals surface area contributed by atoms with Crippen molar-refractivity contribution in [3.63, 3.8) is 0 Å². The van der Waals surface area contributed by atoms with Gasteiger partial charge in [0.05, 0.1) is 5.69 Å². The van der Waals surface area contributed by atoms with Crippen LogP contribution in [0, 0.1) is 6.92 Å². The van der Waals surface area contributed by atoms with E-state index in [0.717, 1.165) is 0 Å². The van der Waals surface area contributed by atoms with E-state index in [4.69, 9.17) is 5.11 Å². The standard InChI is InChI=1S/C5H6N2O/c1-4-5(8)7-3-2-6-4/h2-3H,1H3,(H,7,8). The first-order valence-electron chi connectivity index (χ1n) is 2.27. The Bertz CT molecular complexity index is 167. The first-order chi connectivity index (χ1) is 3.80. The van der Waals surface area contributed by atoms with E-state index in [1.54, 1.807) is 6.92 Å². The van der Waals surface area contributed by atoms with Crippen LogP contribution in [0.4, 0.5) is 0 Å². The van der Waals surface area contributed by atoms with Crippen LogP contribution in [-0.4, -0.2) is 15.1 Å². The van der Waals surface area contributed by atoms with Gasteiger partial charge in [0.2, 0.25) is 5.88 Å². The van der Waals surface area contributed by atoms with Gasteiger partial charge in [0.15, 0.2) is 0 Å². The maximum absolute atomic E-state index is 8.75. The van der Waals surface area contributed by atoms with Gasteiger partial charge in [-0.15, -0.1) is 0 Å². The van der Waals surface area contributed by atoms with E-state index in [1.807, 2.05) is 0 Å². The topological polar surface area (TPSA) is 46.0 Å². The molecule has 0 aromatic carbocycles. The van der Waals surface area contributed by atoms with E-state index in [2.05, 4.69) is 9.97 Å². The molecule has 0 radical (unpaired) electrons. The number of aryl methyl sites for hydroxylation is 1. The normalized spacial score (nSPS) is 9.12. The molecule has 0 saturated heterocycles. The Morgan fingerprint density at radius 3 is 2.38 bits per heavy atom. The zero-order valence-corrected chi connectivity index (χ0v) is 4.50. The van der Waals surface area contributed by atoms with E-state index in [1.165, 1.54) is 12.4 Å². The fourth-order valence-electron chi connectivity index (χ4n) is 0.400. The number of hydrogen-bond acceptors (Lipinski definition) is 3. The lowest BCUT2D eigenvalue weighted by Crippen LogP contribution is -1.81. The smallest absolute Gasteiger partial charge is 0.232 e. The van der Waals surface area contributed by atoms with E-state index >= 15 is 0 Å². The summed E-state index contributed by atoms with van der Waals surface area (Å²) >= 11 is 0. The predicted molar refractivity (Wildman–Crippen MR) is 28.4 cm³/mol. The zero-order valence-electron chi connectivity index (χ0n) is 4.50. The summed E-state index contributed by atoms with van der Waals surface area (Å²) in [7, 11) is 0. The van der Waals surface area contributed by atoms with Gasteiger partial charge in [-0.2, -0.15) is 0 Å². The van der Waals surface area contributed by atoms with Crippen LogP contribution < -0.4 is 0 Å². The summed E-state index contributed by atoms with van der Waals surface area (Å²) in [6, 6.07) is 0. The molecular weight excluding hydrogens is 104 g/mol. The summed E-state index contributed by atoms with van der Waals surface area (Å²) < 4.78 is 0. The van der Waals surface area contributed by atoms with Gasteiger partial charge in [-0.25, -0.2) is 4.98 Å². The molecule has 1 rings (SSSR count). The largest absolute Gasteiger partial charge is 0.492 e. The van der Waals surface area contributed by atoms with Crippen LogP contribution in [-0.2, 0) is 0 Å². The Labute approximate surface area is 47.0 Å². The maximum atomic E-state index is 8.75. The molecule has 0 bridgehead atoms. The Kier molecular flexibility index (Phi) is 1.12. The van der Waals surface area contributed by atoms with E-state index < -0.39 is 0 Å². The first-order valence-corrected chi connectivity index (χ1v) is 2.27. The van der Waals surface area contributed by atoms with E-state index in [9.17, 15) is 0 Å². The molecule has 42 valence electrons. The Morgan fingerprint density at radius 2 is 2.00 bits per heavy atom. The van der Waals surface area contributed by atoms with Gasteiger partial charge in [-0.3, -0.25) is 4.98 Å².